The average molecular weight is 388 g/mol. The number of hydrogen-bond donors (Lipinski definition) is 5. The zero-order valence-corrected chi connectivity index (χ0v) is 16.0. The Morgan fingerprint density at radius 3 is 2.92 bits per heavy atom. The van der Waals surface area contributed by atoms with Gasteiger partial charge in [-0.1, -0.05) is 11.9 Å². The van der Waals surface area contributed by atoms with Crippen LogP contribution < -0.4 is 26.5 Å². The van der Waals surface area contributed by atoms with Crippen molar-refractivity contribution in [2.75, 3.05) is 32.7 Å². The van der Waals surface area contributed by atoms with Crippen molar-refractivity contribution in [2.45, 2.75) is 49.7 Å². The quantitative estimate of drug-likeness (QED) is 0.383. The van der Waals surface area contributed by atoms with Crippen LogP contribution in [0.1, 0.15) is 19.8 Å². The van der Waals surface area contributed by atoms with Gasteiger partial charge in [-0.25, -0.2) is 14.8 Å². The molecule has 7 atom stereocenters. The first kappa shape index (κ1) is 18.9. The molecule has 0 saturated carbocycles. The van der Waals surface area contributed by atoms with Crippen molar-refractivity contribution < 1.29 is 9.18 Å². The largest absolute Gasteiger partial charge is 0.342 e. The van der Waals surface area contributed by atoms with Crippen LogP contribution in [0.3, 0.4) is 0 Å². The number of nitrogens with one attached hydrogen (secondary N) is 4. The number of hydrogen-bond acceptors (Lipinski definition) is 8. The fourth-order valence-electron chi connectivity index (χ4n) is 4.49. The summed E-state index contributed by atoms with van der Waals surface area (Å²) >= 11 is 1.60. The first-order valence-electron chi connectivity index (χ1n) is 9.62. The number of carbonyl (C=O) groups excluding carboxylic acids is 1. The minimum atomic E-state index is -0.951. The highest BCUT2D eigenvalue weighted by atomic mass is 32.2. The Kier molecular flexibility index (Phi) is 5.70. The highest BCUT2D eigenvalue weighted by Gasteiger charge is 2.48. The summed E-state index contributed by atoms with van der Waals surface area (Å²) in [5, 5.41) is 8.07. The van der Waals surface area contributed by atoms with Crippen molar-refractivity contribution in [3.63, 3.8) is 0 Å². The number of likely N-dealkylation sites (tertiary alicyclic amines) is 1. The van der Waals surface area contributed by atoms with Gasteiger partial charge in [-0.3, -0.25) is 14.8 Å². The number of nitrogens with two attached hydrogens (primary N) is 1. The highest BCUT2D eigenvalue weighted by Crippen LogP contribution is 2.30. The molecule has 0 aromatic carbocycles. The third-order valence-corrected chi connectivity index (χ3v) is 7.22. The summed E-state index contributed by atoms with van der Waals surface area (Å²) in [5.74, 6) is -0.146. The lowest BCUT2D eigenvalue weighted by Gasteiger charge is -2.34. The molecule has 4 heterocycles. The molecule has 148 valence electrons. The summed E-state index contributed by atoms with van der Waals surface area (Å²) < 4.78 is 17.0. The molecule has 6 N–H and O–H groups in total. The van der Waals surface area contributed by atoms with Crippen LogP contribution in [0.4, 0.5) is 4.39 Å². The van der Waals surface area contributed by atoms with Gasteiger partial charge in [0.15, 0.2) is 0 Å². The smallest absolute Gasteiger partial charge is 0.230 e. The van der Waals surface area contributed by atoms with Crippen LogP contribution in [0, 0.1) is 11.8 Å². The van der Waals surface area contributed by atoms with Crippen molar-refractivity contribution in [1.29, 1.82) is 0 Å². The minimum Gasteiger partial charge on any atom is -0.342 e. The van der Waals surface area contributed by atoms with E-state index in [1.807, 2.05) is 0 Å². The van der Waals surface area contributed by atoms with Gasteiger partial charge >= 0.3 is 0 Å². The van der Waals surface area contributed by atoms with Crippen molar-refractivity contribution in [3.8, 4) is 0 Å². The molecule has 4 fully saturated rings. The summed E-state index contributed by atoms with van der Waals surface area (Å²) in [6.45, 7) is 5.98. The Labute approximate surface area is 158 Å². The normalized spacial score (nSPS) is 44.3. The Bertz CT molecular complexity index is 523. The summed E-state index contributed by atoms with van der Waals surface area (Å²) in [6, 6.07) is 0.345. The molecule has 4 aliphatic rings. The summed E-state index contributed by atoms with van der Waals surface area (Å²) in [4.78, 5) is 15.5. The molecule has 0 aliphatic carbocycles. The molecule has 26 heavy (non-hydrogen) atoms. The lowest BCUT2D eigenvalue weighted by molar-refractivity contribution is -0.127. The molecule has 0 radical (unpaired) electrons. The fourth-order valence-corrected chi connectivity index (χ4v) is 5.69. The Balaban J connectivity index is 1.38. The first-order chi connectivity index (χ1) is 12.5. The van der Waals surface area contributed by atoms with E-state index in [4.69, 9.17) is 5.73 Å². The Hall–Kier alpha value is -0.490. The second-order valence-corrected chi connectivity index (χ2v) is 8.89. The standard InChI is InChI=1S/C16H30FN7OS/c1-9-11(8-23-4-2-3-5-23)16(26-22-9)20-15(25)12-13(18)21-24-7-10(17)6-19-14(12)24/h9-14,16,19,21-22H,2-8,18H2,1H3,(H,20,25). The fraction of sp³-hybridized carbons (Fsp3) is 0.938. The van der Waals surface area contributed by atoms with Crippen molar-refractivity contribution >= 4 is 17.9 Å². The number of rotatable bonds is 4. The molecule has 0 spiro atoms. The molecule has 4 saturated heterocycles. The second kappa shape index (κ2) is 7.86. The van der Waals surface area contributed by atoms with Gasteiger partial charge in [0.1, 0.15) is 6.17 Å². The summed E-state index contributed by atoms with van der Waals surface area (Å²) in [5.41, 5.74) is 9.18. The lowest BCUT2D eigenvalue weighted by Crippen LogP contribution is -2.59. The van der Waals surface area contributed by atoms with Gasteiger partial charge in [0, 0.05) is 31.6 Å². The average Bonchev–Trinajstić information content (AvgIpc) is 3.29. The Morgan fingerprint density at radius 2 is 2.15 bits per heavy atom. The molecule has 0 bridgehead atoms. The molecule has 0 aromatic rings. The monoisotopic (exact) mass is 387 g/mol. The maximum absolute atomic E-state index is 13.6. The van der Waals surface area contributed by atoms with Gasteiger partial charge in [0.2, 0.25) is 5.91 Å². The van der Waals surface area contributed by atoms with Gasteiger partial charge in [0.05, 0.1) is 23.6 Å². The zero-order valence-electron chi connectivity index (χ0n) is 15.2. The number of hydrazine groups is 1. The third kappa shape index (κ3) is 3.73. The summed E-state index contributed by atoms with van der Waals surface area (Å²) in [6.07, 6.45) is 0.811. The van der Waals surface area contributed by atoms with Crippen LogP contribution in [0.2, 0.25) is 0 Å². The van der Waals surface area contributed by atoms with E-state index in [0.717, 1.165) is 19.6 Å². The predicted molar refractivity (Wildman–Crippen MR) is 99.3 cm³/mol. The van der Waals surface area contributed by atoms with Gasteiger partial charge in [-0.2, -0.15) is 0 Å². The number of halogens is 1. The number of nitrogens with zero attached hydrogens (tertiary/aromatic N) is 2. The lowest BCUT2D eigenvalue weighted by atomic mass is 9.98. The SMILES string of the molecule is CC1NSC(NC(=O)C2C(N)NN3CC(F)CNC23)C1CN1CCCC1. The van der Waals surface area contributed by atoms with E-state index in [9.17, 15) is 9.18 Å². The predicted octanol–water partition coefficient (Wildman–Crippen LogP) is -1.23. The molecule has 1 amide bonds. The van der Waals surface area contributed by atoms with Crippen LogP contribution in [0.15, 0.2) is 0 Å². The molecule has 4 aliphatic heterocycles. The topological polar surface area (TPSA) is 97.7 Å². The van der Waals surface area contributed by atoms with Crippen LogP contribution >= 0.6 is 11.9 Å². The number of amides is 1. The van der Waals surface area contributed by atoms with E-state index in [-0.39, 0.29) is 30.5 Å². The molecular weight excluding hydrogens is 357 g/mol. The number of fused-ring (bicyclic) bond motifs is 1. The van der Waals surface area contributed by atoms with Gasteiger partial charge in [0.25, 0.3) is 0 Å². The van der Waals surface area contributed by atoms with Crippen LogP contribution in [0.5, 0.6) is 0 Å². The van der Waals surface area contributed by atoms with E-state index in [1.165, 1.54) is 12.8 Å². The van der Waals surface area contributed by atoms with Gasteiger partial charge < -0.3 is 16.0 Å². The van der Waals surface area contributed by atoms with Crippen LogP contribution in [0.25, 0.3) is 0 Å². The molecular formula is C16H30FN7OS. The van der Waals surface area contributed by atoms with Gasteiger partial charge in [-0.05, 0) is 32.9 Å². The van der Waals surface area contributed by atoms with Crippen LogP contribution in [-0.2, 0) is 4.79 Å². The van der Waals surface area contributed by atoms with Crippen molar-refractivity contribution in [2.24, 2.45) is 17.6 Å². The second-order valence-electron chi connectivity index (χ2n) is 7.91. The van der Waals surface area contributed by atoms with Crippen LogP contribution in [-0.4, -0.2) is 78.5 Å². The van der Waals surface area contributed by atoms with E-state index >= 15 is 0 Å². The maximum atomic E-state index is 13.6. The van der Waals surface area contributed by atoms with E-state index in [2.05, 4.69) is 32.6 Å². The van der Waals surface area contributed by atoms with E-state index < -0.39 is 18.3 Å². The summed E-state index contributed by atoms with van der Waals surface area (Å²) in [7, 11) is 0. The third-order valence-electron chi connectivity index (χ3n) is 5.99. The van der Waals surface area contributed by atoms with Gasteiger partial charge in [-0.15, -0.1) is 0 Å². The maximum Gasteiger partial charge on any atom is 0.230 e. The highest BCUT2D eigenvalue weighted by molar-refractivity contribution is 7.98. The molecule has 7 unspecified atom stereocenters. The molecule has 8 nitrogen and oxygen atoms in total. The first-order valence-corrected chi connectivity index (χ1v) is 10.5. The van der Waals surface area contributed by atoms with E-state index in [1.54, 1.807) is 17.0 Å². The van der Waals surface area contributed by atoms with Crippen molar-refractivity contribution in [3.05, 3.63) is 0 Å². The van der Waals surface area contributed by atoms with E-state index in [0.29, 0.717) is 12.0 Å². The Morgan fingerprint density at radius 1 is 1.38 bits per heavy atom. The molecule has 4 rings (SSSR count). The van der Waals surface area contributed by atoms with Crippen molar-refractivity contribution in [1.82, 2.24) is 30.7 Å². The number of alkyl halides is 1. The minimum absolute atomic E-state index is 0.0249. The molecule has 10 heteroatoms. The molecule has 0 aromatic heterocycles. The zero-order chi connectivity index (χ0) is 18.3. The number of carbonyl (C=O) groups is 1.